The quantitative estimate of drug-likeness (QED) is 0.681. The van der Waals surface area contributed by atoms with E-state index in [9.17, 15) is 0 Å². The average Bonchev–Trinajstić information content (AvgIpc) is 3.29. The molecule has 0 amide bonds. The van der Waals surface area contributed by atoms with Gasteiger partial charge in [-0.05, 0) is 31.6 Å². The van der Waals surface area contributed by atoms with Crippen LogP contribution in [0.15, 0.2) is 18.9 Å². The number of anilines is 1. The molecule has 1 aliphatic heterocycles. The molecule has 132 valence electrons. The smallest absolute Gasteiger partial charge is 0.182 e. The molecule has 0 unspecified atom stereocenters. The molecule has 3 aromatic heterocycles. The number of aliphatic hydroxyl groups excluding tert-OH is 1. The molecule has 0 saturated carbocycles. The summed E-state index contributed by atoms with van der Waals surface area (Å²) in [7, 11) is 0. The van der Waals surface area contributed by atoms with Gasteiger partial charge in [0.25, 0.3) is 0 Å². The minimum atomic E-state index is 0.192. The van der Waals surface area contributed by atoms with Crippen molar-refractivity contribution in [3.8, 4) is 0 Å². The van der Waals surface area contributed by atoms with Gasteiger partial charge in [0.15, 0.2) is 11.5 Å². The third-order valence-electron chi connectivity index (χ3n) is 4.74. The molecule has 0 atom stereocenters. The van der Waals surface area contributed by atoms with E-state index in [2.05, 4.69) is 35.1 Å². The van der Waals surface area contributed by atoms with Crippen molar-refractivity contribution < 1.29 is 5.11 Å². The zero-order valence-electron chi connectivity index (χ0n) is 14.0. The van der Waals surface area contributed by atoms with Crippen molar-refractivity contribution in [2.75, 3.05) is 24.6 Å². The van der Waals surface area contributed by atoms with Crippen molar-refractivity contribution in [2.45, 2.75) is 32.2 Å². The Bertz CT molecular complexity index is 820. The van der Waals surface area contributed by atoms with Crippen molar-refractivity contribution in [2.24, 2.45) is 5.92 Å². The van der Waals surface area contributed by atoms with Gasteiger partial charge in [-0.25, -0.2) is 15.0 Å². The highest BCUT2D eigenvalue weighted by Crippen LogP contribution is 2.26. The Kier molecular flexibility index (Phi) is 4.55. The Morgan fingerprint density at radius 2 is 2.08 bits per heavy atom. The maximum Gasteiger partial charge on any atom is 0.182 e. The minimum Gasteiger partial charge on any atom is -0.396 e. The molecule has 25 heavy (non-hydrogen) atoms. The van der Waals surface area contributed by atoms with Crippen LogP contribution in [-0.4, -0.2) is 59.7 Å². The van der Waals surface area contributed by atoms with Crippen LogP contribution in [0.5, 0.6) is 0 Å². The van der Waals surface area contributed by atoms with Crippen molar-refractivity contribution in [1.82, 2.24) is 34.9 Å². The van der Waals surface area contributed by atoms with Gasteiger partial charge in [0, 0.05) is 32.4 Å². The number of rotatable bonds is 6. The lowest BCUT2D eigenvalue weighted by Crippen LogP contribution is -2.35. The van der Waals surface area contributed by atoms with Gasteiger partial charge in [0.05, 0.1) is 12.0 Å². The molecule has 9 nitrogen and oxygen atoms in total. The molecule has 4 heterocycles. The molecule has 9 heteroatoms. The van der Waals surface area contributed by atoms with Crippen LogP contribution >= 0.6 is 0 Å². The zero-order chi connectivity index (χ0) is 17.1. The van der Waals surface area contributed by atoms with E-state index in [0.29, 0.717) is 11.6 Å². The SMILES string of the molecule is OCCCc1cn(CC2CCN(c3ncnc4nc[nH]c34)CC2)nn1. The Labute approximate surface area is 145 Å². The van der Waals surface area contributed by atoms with E-state index in [0.717, 1.165) is 62.3 Å². The summed E-state index contributed by atoms with van der Waals surface area (Å²) in [4.78, 5) is 18.3. The standard InChI is InChI=1S/C16H22N8O/c25-7-1-2-13-9-24(22-21-13)8-12-3-5-23(6-4-12)16-14-15(18-10-17-14)19-11-20-16/h9-12,25H,1-8H2,(H,17,18,19,20). The molecule has 3 aromatic rings. The van der Waals surface area contributed by atoms with Gasteiger partial charge in [-0.15, -0.1) is 5.10 Å². The Balaban J connectivity index is 1.35. The zero-order valence-corrected chi connectivity index (χ0v) is 14.0. The van der Waals surface area contributed by atoms with Crippen LogP contribution in [0.3, 0.4) is 0 Å². The number of piperidine rings is 1. The normalized spacial score (nSPS) is 16.0. The van der Waals surface area contributed by atoms with E-state index in [4.69, 9.17) is 5.11 Å². The first kappa shape index (κ1) is 15.9. The van der Waals surface area contributed by atoms with Crippen LogP contribution in [0.2, 0.25) is 0 Å². The lowest BCUT2D eigenvalue weighted by Gasteiger charge is -2.32. The highest BCUT2D eigenvalue weighted by molar-refractivity contribution is 5.82. The first-order valence-electron chi connectivity index (χ1n) is 8.72. The number of aromatic nitrogens is 7. The van der Waals surface area contributed by atoms with Gasteiger partial charge >= 0.3 is 0 Å². The van der Waals surface area contributed by atoms with Crippen molar-refractivity contribution >= 4 is 17.0 Å². The third-order valence-corrected chi connectivity index (χ3v) is 4.74. The van der Waals surface area contributed by atoms with E-state index < -0.39 is 0 Å². The molecule has 2 N–H and O–H groups in total. The fourth-order valence-electron chi connectivity index (χ4n) is 3.39. The molecule has 0 radical (unpaired) electrons. The molecular formula is C16H22N8O. The summed E-state index contributed by atoms with van der Waals surface area (Å²) in [5, 5.41) is 17.3. The summed E-state index contributed by atoms with van der Waals surface area (Å²) in [6.07, 6.45) is 8.93. The Morgan fingerprint density at radius 3 is 2.92 bits per heavy atom. The van der Waals surface area contributed by atoms with Gasteiger partial charge in [0.2, 0.25) is 0 Å². The van der Waals surface area contributed by atoms with E-state index in [-0.39, 0.29) is 6.61 Å². The van der Waals surface area contributed by atoms with E-state index in [1.54, 1.807) is 12.7 Å². The number of hydrogen-bond acceptors (Lipinski definition) is 7. The number of hydrogen-bond donors (Lipinski definition) is 2. The summed E-state index contributed by atoms with van der Waals surface area (Å²) >= 11 is 0. The predicted molar refractivity (Wildman–Crippen MR) is 92.0 cm³/mol. The summed E-state index contributed by atoms with van der Waals surface area (Å²) in [6.45, 7) is 3.00. The first-order valence-corrected chi connectivity index (χ1v) is 8.72. The second kappa shape index (κ2) is 7.14. The van der Waals surface area contributed by atoms with Crippen molar-refractivity contribution in [1.29, 1.82) is 0 Å². The average molecular weight is 342 g/mol. The summed E-state index contributed by atoms with van der Waals surface area (Å²) < 4.78 is 1.94. The second-order valence-corrected chi connectivity index (χ2v) is 6.49. The van der Waals surface area contributed by atoms with Crippen LogP contribution in [0, 0.1) is 5.92 Å². The maximum absolute atomic E-state index is 8.89. The fraction of sp³-hybridized carbons (Fsp3) is 0.562. The van der Waals surface area contributed by atoms with Crippen molar-refractivity contribution in [3.05, 3.63) is 24.5 Å². The molecule has 1 fully saturated rings. The van der Waals surface area contributed by atoms with Crippen LogP contribution < -0.4 is 4.90 Å². The van der Waals surface area contributed by atoms with Gasteiger partial charge in [-0.1, -0.05) is 5.21 Å². The lowest BCUT2D eigenvalue weighted by atomic mass is 9.97. The molecule has 4 rings (SSSR count). The number of aryl methyl sites for hydroxylation is 1. The van der Waals surface area contributed by atoms with E-state index in [1.807, 2.05) is 10.9 Å². The number of nitrogens with one attached hydrogen (secondary N) is 1. The molecule has 1 saturated heterocycles. The number of aromatic amines is 1. The largest absolute Gasteiger partial charge is 0.396 e. The van der Waals surface area contributed by atoms with Crippen LogP contribution in [0.1, 0.15) is 25.0 Å². The van der Waals surface area contributed by atoms with Crippen molar-refractivity contribution in [3.63, 3.8) is 0 Å². The number of imidazole rings is 1. The van der Waals surface area contributed by atoms with Crippen LogP contribution in [0.4, 0.5) is 5.82 Å². The van der Waals surface area contributed by atoms with E-state index >= 15 is 0 Å². The maximum atomic E-state index is 8.89. The molecule has 0 bridgehead atoms. The first-order chi connectivity index (χ1) is 12.3. The number of fused-ring (bicyclic) bond motifs is 1. The highest BCUT2D eigenvalue weighted by Gasteiger charge is 2.23. The monoisotopic (exact) mass is 342 g/mol. The number of aliphatic hydroxyl groups is 1. The summed E-state index contributed by atoms with van der Waals surface area (Å²) in [5.74, 6) is 1.52. The van der Waals surface area contributed by atoms with Gasteiger partial charge in [-0.2, -0.15) is 0 Å². The van der Waals surface area contributed by atoms with Gasteiger partial charge in [-0.3, -0.25) is 4.68 Å². The second-order valence-electron chi connectivity index (χ2n) is 6.49. The molecule has 0 aromatic carbocycles. The molecule has 0 aliphatic carbocycles. The summed E-state index contributed by atoms with van der Waals surface area (Å²) in [5.41, 5.74) is 2.57. The Hall–Kier alpha value is -2.55. The number of H-pyrrole nitrogens is 1. The Morgan fingerprint density at radius 1 is 1.20 bits per heavy atom. The molecule has 1 aliphatic rings. The third kappa shape index (κ3) is 3.46. The molecule has 0 spiro atoms. The molecular weight excluding hydrogens is 320 g/mol. The van der Waals surface area contributed by atoms with Gasteiger partial charge < -0.3 is 15.0 Å². The topological polar surface area (TPSA) is 109 Å². The lowest BCUT2D eigenvalue weighted by molar-refractivity contribution is 0.288. The minimum absolute atomic E-state index is 0.192. The summed E-state index contributed by atoms with van der Waals surface area (Å²) in [6, 6.07) is 0. The fourth-order valence-corrected chi connectivity index (χ4v) is 3.39. The highest BCUT2D eigenvalue weighted by atomic mass is 16.2. The van der Waals surface area contributed by atoms with Crippen LogP contribution in [0.25, 0.3) is 11.2 Å². The van der Waals surface area contributed by atoms with Crippen LogP contribution in [-0.2, 0) is 13.0 Å². The van der Waals surface area contributed by atoms with Gasteiger partial charge in [0.1, 0.15) is 11.8 Å². The number of nitrogens with zero attached hydrogens (tertiary/aromatic N) is 7. The predicted octanol–water partition coefficient (Wildman–Crippen LogP) is 0.786. The van der Waals surface area contributed by atoms with E-state index in [1.165, 1.54) is 0 Å².